The topological polar surface area (TPSA) is 101 Å². The monoisotopic (exact) mass is 581 g/mol. The van der Waals surface area contributed by atoms with Crippen LogP contribution in [-0.4, -0.2) is 53.8 Å². The second-order valence-corrected chi connectivity index (χ2v) is 10.3. The number of halogens is 7. The Hall–Kier alpha value is -4.29. The van der Waals surface area contributed by atoms with Crippen molar-refractivity contribution in [3.05, 3.63) is 47.9 Å². The highest BCUT2D eigenvalue weighted by Gasteiger charge is 2.50. The Kier molecular flexibility index (Phi) is 6.47. The predicted octanol–water partition coefficient (Wildman–Crippen LogP) is 5.27. The Labute approximate surface area is 228 Å². The molecular formula is C25H22F7N9. The molecule has 1 fully saturated rings. The summed E-state index contributed by atoms with van der Waals surface area (Å²) in [7, 11) is 1.59. The number of nitrogens with zero attached hydrogens (tertiary/aromatic N) is 9. The SMILES string of the molecule is Cn1cnnc1C1(F)CCN(c2c(C#N)cc(C(F)(F)F)nc2-c2cnc3nn(C(C)(C)C(F)(F)F)cc3c2)CC1. The van der Waals surface area contributed by atoms with Gasteiger partial charge in [0.05, 0.1) is 16.9 Å². The highest BCUT2D eigenvalue weighted by molar-refractivity contribution is 5.86. The Morgan fingerprint density at radius 1 is 1.05 bits per heavy atom. The number of piperidine rings is 1. The van der Waals surface area contributed by atoms with E-state index in [1.54, 1.807) is 18.0 Å². The molecule has 9 nitrogen and oxygen atoms in total. The molecule has 1 aliphatic rings. The van der Waals surface area contributed by atoms with Crippen LogP contribution in [0.2, 0.25) is 0 Å². The van der Waals surface area contributed by atoms with E-state index in [9.17, 15) is 31.6 Å². The van der Waals surface area contributed by atoms with E-state index in [1.807, 2.05) is 0 Å². The third-order valence-electron chi connectivity index (χ3n) is 7.29. The molecule has 5 heterocycles. The van der Waals surface area contributed by atoms with Gasteiger partial charge in [0, 0.05) is 56.3 Å². The normalized spacial score (nSPS) is 16.3. The lowest BCUT2D eigenvalue weighted by molar-refractivity contribution is -0.205. The minimum Gasteiger partial charge on any atom is -0.368 e. The minimum absolute atomic E-state index is 0.00542. The third-order valence-corrected chi connectivity index (χ3v) is 7.29. The molecule has 0 radical (unpaired) electrons. The van der Waals surface area contributed by atoms with Crippen LogP contribution in [0.25, 0.3) is 22.3 Å². The summed E-state index contributed by atoms with van der Waals surface area (Å²) in [4.78, 5) is 9.45. The van der Waals surface area contributed by atoms with Gasteiger partial charge in [-0.15, -0.1) is 10.2 Å². The molecule has 0 atom stereocenters. The Morgan fingerprint density at radius 2 is 1.73 bits per heavy atom. The smallest absolute Gasteiger partial charge is 0.368 e. The van der Waals surface area contributed by atoms with Gasteiger partial charge in [-0.1, -0.05) is 0 Å². The zero-order valence-corrected chi connectivity index (χ0v) is 21.9. The van der Waals surface area contributed by atoms with Gasteiger partial charge in [0.1, 0.15) is 18.1 Å². The lowest BCUT2D eigenvalue weighted by Gasteiger charge is -2.38. The fourth-order valence-electron chi connectivity index (χ4n) is 4.75. The van der Waals surface area contributed by atoms with Crippen LogP contribution in [0.1, 0.15) is 43.8 Å². The number of hydrogen-bond acceptors (Lipinski definition) is 7. The van der Waals surface area contributed by atoms with Crippen molar-refractivity contribution in [2.24, 2.45) is 7.05 Å². The maximum Gasteiger partial charge on any atom is 0.433 e. The van der Waals surface area contributed by atoms with E-state index in [2.05, 4.69) is 25.3 Å². The van der Waals surface area contributed by atoms with E-state index in [0.717, 1.165) is 26.2 Å². The summed E-state index contributed by atoms with van der Waals surface area (Å²) in [6.45, 7) is 1.86. The van der Waals surface area contributed by atoms with Crippen molar-refractivity contribution in [3.63, 3.8) is 0 Å². The quantitative estimate of drug-likeness (QED) is 0.303. The maximum atomic E-state index is 15.8. The zero-order chi connectivity index (χ0) is 30.0. The summed E-state index contributed by atoms with van der Waals surface area (Å²) in [5.41, 5.74) is -6.21. The van der Waals surface area contributed by atoms with Gasteiger partial charge in [0.15, 0.2) is 22.7 Å². The number of aryl methyl sites for hydroxylation is 1. The molecule has 0 aromatic carbocycles. The van der Waals surface area contributed by atoms with Gasteiger partial charge >= 0.3 is 12.4 Å². The van der Waals surface area contributed by atoms with Crippen molar-refractivity contribution in [1.82, 2.24) is 34.5 Å². The Balaban J connectivity index is 1.61. The molecule has 0 amide bonds. The van der Waals surface area contributed by atoms with E-state index in [4.69, 9.17) is 0 Å². The van der Waals surface area contributed by atoms with Gasteiger partial charge < -0.3 is 9.47 Å². The molecule has 216 valence electrons. The molecule has 0 aliphatic carbocycles. The van der Waals surface area contributed by atoms with Gasteiger partial charge in [-0.3, -0.25) is 4.68 Å². The van der Waals surface area contributed by atoms with Crippen molar-refractivity contribution in [3.8, 4) is 17.3 Å². The summed E-state index contributed by atoms with van der Waals surface area (Å²) in [5.74, 6) is 0.108. The van der Waals surface area contributed by atoms with Crippen LogP contribution in [0.5, 0.6) is 0 Å². The molecule has 5 rings (SSSR count). The van der Waals surface area contributed by atoms with E-state index in [1.165, 1.54) is 17.0 Å². The molecule has 1 saturated heterocycles. The zero-order valence-electron chi connectivity index (χ0n) is 21.9. The lowest BCUT2D eigenvalue weighted by atomic mass is 9.91. The number of fused-ring (bicyclic) bond motifs is 1. The van der Waals surface area contributed by atoms with Crippen LogP contribution in [0.3, 0.4) is 0 Å². The van der Waals surface area contributed by atoms with Crippen molar-refractivity contribution in [1.29, 1.82) is 5.26 Å². The standard InChI is InChI=1S/C25H22F7N9/c1-22(2,25(30,31)32)41-12-16-8-15(11-34-20(16)38-41)18-19(14(10-33)9-17(36-18)24(27,28)29)40-6-4-23(26,5-7-40)21-37-35-13-39(21)3/h8-9,11-13H,4-7H2,1-3H3. The molecule has 41 heavy (non-hydrogen) atoms. The fraction of sp³-hybridized carbons (Fsp3) is 0.440. The molecular weight excluding hydrogens is 559 g/mol. The van der Waals surface area contributed by atoms with Crippen molar-refractivity contribution in [2.45, 2.75) is 50.2 Å². The summed E-state index contributed by atoms with van der Waals surface area (Å²) in [6, 6.07) is 3.72. The van der Waals surface area contributed by atoms with Crippen LogP contribution >= 0.6 is 0 Å². The predicted molar refractivity (Wildman–Crippen MR) is 131 cm³/mol. The van der Waals surface area contributed by atoms with Crippen LogP contribution in [0.15, 0.2) is 30.9 Å². The highest BCUT2D eigenvalue weighted by Crippen LogP contribution is 2.43. The molecule has 4 aromatic rings. The van der Waals surface area contributed by atoms with E-state index < -0.39 is 29.3 Å². The minimum atomic E-state index is -4.90. The number of hydrogen-bond donors (Lipinski definition) is 0. The molecule has 0 bridgehead atoms. The van der Waals surface area contributed by atoms with Crippen LogP contribution in [0, 0.1) is 11.3 Å². The average molecular weight is 582 g/mol. The average Bonchev–Trinajstić information content (AvgIpc) is 3.53. The van der Waals surface area contributed by atoms with Gasteiger partial charge in [0.2, 0.25) is 0 Å². The van der Waals surface area contributed by atoms with Crippen LogP contribution < -0.4 is 4.90 Å². The molecule has 16 heteroatoms. The number of pyridine rings is 2. The second-order valence-electron chi connectivity index (χ2n) is 10.3. The number of nitriles is 1. The third kappa shape index (κ3) is 4.82. The molecule has 0 saturated carbocycles. The molecule has 0 N–H and O–H groups in total. The Morgan fingerprint density at radius 3 is 2.29 bits per heavy atom. The van der Waals surface area contributed by atoms with Gasteiger partial charge in [0.25, 0.3) is 0 Å². The first kappa shape index (κ1) is 28.2. The first-order valence-corrected chi connectivity index (χ1v) is 12.3. The summed E-state index contributed by atoms with van der Waals surface area (Å²) < 4.78 is 100. The van der Waals surface area contributed by atoms with Crippen molar-refractivity contribution in [2.75, 3.05) is 18.0 Å². The van der Waals surface area contributed by atoms with Gasteiger partial charge in [-0.05, 0) is 26.0 Å². The van der Waals surface area contributed by atoms with E-state index in [0.29, 0.717) is 10.7 Å². The molecule has 0 unspecified atom stereocenters. The maximum absolute atomic E-state index is 15.8. The highest BCUT2D eigenvalue weighted by atomic mass is 19.4. The summed E-state index contributed by atoms with van der Waals surface area (Å²) in [5, 5.41) is 21.4. The van der Waals surface area contributed by atoms with Crippen LogP contribution in [0.4, 0.5) is 36.4 Å². The second kappa shape index (κ2) is 9.38. The van der Waals surface area contributed by atoms with E-state index in [-0.39, 0.29) is 65.3 Å². The number of anilines is 1. The van der Waals surface area contributed by atoms with Crippen LogP contribution in [-0.2, 0) is 24.4 Å². The molecule has 1 aliphatic heterocycles. The van der Waals surface area contributed by atoms with E-state index >= 15 is 4.39 Å². The van der Waals surface area contributed by atoms with Gasteiger partial charge in [-0.25, -0.2) is 14.4 Å². The summed E-state index contributed by atoms with van der Waals surface area (Å²) >= 11 is 0. The number of alkyl halides is 7. The first-order chi connectivity index (χ1) is 19.0. The van der Waals surface area contributed by atoms with Crippen molar-refractivity contribution >= 4 is 16.7 Å². The molecule has 4 aromatic heterocycles. The first-order valence-electron chi connectivity index (χ1n) is 12.3. The lowest BCUT2D eigenvalue weighted by Crippen LogP contribution is -2.42. The van der Waals surface area contributed by atoms with Gasteiger partial charge in [-0.2, -0.15) is 36.7 Å². The number of aromatic nitrogens is 7. The summed E-state index contributed by atoms with van der Waals surface area (Å²) in [6.07, 6.45) is -6.16. The Bertz CT molecular complexity index is 1650. The largest absolute Gasteiger partial charge is 0.433 e. The fourth-order valence-corrected chi connectivity index (χ4v) is 4.75. The number of rotatable bonds is 4. The molecule has 0 spiro atoms. The van der Waals surface area contributed by atoms with Crippen molar-refractivity contribution < 1.29 is 30.7 Å².